The summed E-state index contributed by atoms with van der Waals surface area (Å²) >= 11 is 1.60. The predicted octanol–water partition coefficient (Wildman–Crippen LogP) is 3.27. The van der Waals surface area contributed by atoms with Crippen LogP contribution in [0.4, 0.5) is 0 Å². The normalized spacial score (nSPS) is 17.4. The van der Waals surface area contributed by atoms with Gasteiger partial charge in [-0.2, -0.15) is 0 Å². The van der Waals surface area contributed by atoms with Crippen LogP contribution < -0.4 is 0 Å². The van der Waals surface area contributed by atoms with Crippen molar-refractivity contribution in [3.63, 3.8) is 0 Å². The van der Waals surface area contributed by atoms with Crippen LogP contribution in [0.2, 0.25) is 0 Å². The Hall–Kier alpha value is -2.48. The van der Waals surface area contributed by atoms with Gasteiger partial charge in [0.25, 0.3) is 5.91 Å². The summed E-state index contributed by atoms with van der Waals surface area (Å²) in [4.78, 5) is 24.0. The largest absolute Gasteiger partial charge is 0.361 e. The molecule has 0 aliphatic carbocycles. The summed E-state index contributed by atoms with van der Waals surface area (Å²) < 4.78 is 7.40. The number of rotatable bonds is 5. The molecule has 1 saturated heterocycles. The fraction of sp³-hybridized carbons (Fsp3) is 0.474. The van der Waals surface area contributed by atoms with E-state index in [2.05, 4.69) is 25.1 Å². The Balaban J connectivity index is 1.53. The fourth-order valence-electron chi connectivity index (χ4n) is 3.77. The van der Waals surface area contributed by atoms with E-state index < -0.39 is 0 Å². The second kappa shape index (κ2) is 7.64. The van der Waals surface area contributed by atoms with Crippen molar-refractivity contribution < 1.29 is 9.32 Å². The van der Waals surface area contributed by atoms with Gasteiger partial charge < -0.3 is 14.0 Å². The van der Waals surface area contributed by atoms with E-state index in [1.807, 2.05) is 29.7 Å². The average Bonchev–Trinajstić information content (AvgIpc) is 3.43. The SMILES string of the molecule is CCc1noc(C)c1C(=O)N1CCC[C@@H](c2nccn2Cc2cscn2)C1. The van der Waals surface area contributed by atoms with Gasteiger partial charge in [0.1, 0.15) is 17.1 Å². The summed E-state index contributed by atoms with van der Waals surface area (Å²) in [5.74, 6) is 1.87. The summed E-state index contributed by atoms with van der Waals surface area (Å²) in [6.45, 7) is 5.94. The maximum atomic E-state index is 13.1. The third kappa shape index (κ3) is 3.53. The van der Waals surface area contributed by atoms with Crippen LogP contribution >= 0.6 is 11.3 Å². The molecule has 4 heterocycles. The molecule has 0 bridgehead atoms. The maximum absolute atomic E-state index is 13.1. The molecule has 1 aliphatic rings. The molecule has 7 nitrogen and oxygen atoms in total. The molecule has 0 N–H and O–H groups in total. The minimum Gasteiger partial charge on any atom is -0.361 e. The predicted molar refractivity (Wildman–Crippen MR) is 102 cm³/mol. The molecule has 0 spiro atoms. The fourth-order valence-corrected chi connectivity index (χ4v) is 4.32. The highest BCUT2D eigenvalue weighted by atomic mass is 32.1. The van der Waals surface area contributed by atoms with E-state index in [9.17, 15) is 4.79 Å². The molecule has 1 amide bonds. The lowest BCUT2D eigenvalue weighted by Gasteiger charge is -2.32. The number of hydrogen-bond donors (Lipinski definition) is 0. The van der Waals surface area contributed by atoms with Gasteiger partial charge in [-0.05, 0) is 26.2 Å². The van der Waals surface area contributed by atoms with E-state index in [0.717, 1.165) is 36.6 Å². The number of nitrogens with zero attached hydrogens (tertiary/aromatic N) is 5. The summed E-state index contributed by atoms with van der Waals surface area (Å²) in [5.41, 5.74) is 4.25. The number of hydrogen-bond acceptors (Lipinski definition) is 6. The highest BCUT2D eigenvalue weighted by Crippen LogP contribution is 2.28. The number of thiazole rings is 1. The van der Waals surface area contributed by atoms with Crippen LogP contribution in [0.25, 0.3) is 0 Å². The third-order valence-corrected chi connectivity index (χ3v) is 5.75. The quantitative estimate of drug-likeness (QED) is 0.674. The Labute approximate surface area is 162 Å². The molecule has 1 fully saturated rings. The molecule has 3 aromatic rings. The molecule has 1 aliphatic heterocycles. The average molecular weight is 385 g/mol. The standard InChI is InChI=1S/C19H23N5O2S/c1-3-16-17(13(2)26-22-16)19(25)24-7-4-5-14(9-24)18-20-6-8-23(18)10-15-11-27-12-21-15/h6,8,11-12,14H,3-5,7,9-10H2,1-2H3/t14-/m1/s1. The molecular weight excluding hydrogens is 362 g/mol. The molecule has 0 aromatic carbocycles. The van der Waals surface area contributed by atoms with Gasteiger partial charge >= 0.3 is 0 Å². The molecule has 4 rings (SSSR count). The van der Waals surface area contributed by atoms with Crippen molar-refractivity contribution in [3.8, 4) is 0 Å². The van der Waals surface area contributed by atoms with Crippen molar-refractivity contribution in [2.45, 2.75) is 45.6 Å². The van der Waals surface area contributed by atoms with Gasteiger partial charge in [-0.25, -0.2) is 9.97 Å². The van der Waals surface area contributed by atoms with Gasteiger partial charge in [0.15, 0.2) is 0 Å². The van der Waals surface area contributed by atoms with Crippen LogP contribution in [0.3, 0.4) is 0 Å². The van der Waals surface area contributed by atoms with Gasteiger partial charge in [-0.1, -0.05) is 12.1 Å². The first-order valence-corrected chi connectivity index (χ1v) is 10.2. The van der Waals surface area contributed by atoms with Gasteiger partial charge in [-0.3, -0.25) is 4.79 Å². The minimum atomic E-state index is 0.0212. The molecule has 1 atom stereocenters. The number of aryl methyl sites for hydroxylation is 2. The molecular formula is C19H23N5O2S. The summed E-state index contributed by atoms with van der Waals surface area (Å²) in [6, 6.07) is 0. The van der Waals surface area contributed by atoms with Crippen LogP contribution in [0.1, 0.15) is 59.0 Å². The second-order valence-electron chi connectivity index (χ2n) is 6.90. The Bertz CT molecular complexity index is 915. The molecule has 8 heteroatoms. The number of carbonyl (C=O) groups is 1. The zero-order valence-electron chi connectivity index (χ0n) is 15.6. The van der Waals surface area contributed by atoms with E-state index in [-0.39, 0.29) is 11.8 Å². The van der Waals surface area contributed by atoms with Gasteiger partial charge in [0.05, 0.1) is 23.4 Å². The number of amides is 1. The first kappa shape index (κ1) is 17.9. The minimum absolute atomic E-state index is 0.0212. The van der Waals surface area contributed by atoms with Gasteiger partial charge in [0.2, 0.25) is 0 Å². The van der Waals surface area contributed by atoms with Crippen molar-refractivity contribution in [1.82, 2.24) is 24.6 Å². The van der Waals surface area contributed by atoms with Crippen LogP contribution in [-0.2, 0) is 13.0 Å². The van der Waals surface area contributed by atoms with Crippen molar-refractivity contribution in [2.24, 2.45) is 0 Å². The number of piperidine rings is 1. The van der Waals surface area contributed by atoms with Crippen LogP contribution in [-0.4, -0.2) is 43.6 Å². The van der Waals surface area contributed by atoms with E-state index in [0.29, 0.717) is 30.8 Å². The monoisotopic (exact) mass is 385 g/mol. The Morgan fingerprint density at radius 1 is 1.41 bits per heavy atom. The van der Waals surface area contributed by atoms with E-state index in [4.69, 9.17) is 4.52 Å². The molecule has 142 valence electrons. The van der Waals surface area contributed by atoms with Crippen LogP contribution in [0.15, 0.2) is 27.8 Å². The van der Waals surface area contributed by atoms with Crippen LogP contribution in [0.5, 0.6) is 0 Å². The van der Waals surface area contributed by atoms with Crippen molar-refractivity contribution in [1.29, 1.82) is 0 Å². The number of likely N-dealkylation sites (tertiary alicyclic amines) is 1. The Morgan fingerprint density at radius 3 is 3.07 bits per heavy atom. The molecule has 27 heavy (non-hydrogen) atoms. The molecule has 3 aromatic heterocycles. The van der Waals surface area contributed by atoms with Crippen molar-refractivity contribution >= 4 is 17.2 Å². The van der Waals surface area contributed by atoms with E-state index >= 15 is 0 Å². The lowest BCUT2D eigenvalue weighted by Crippen LogP contribution is -2.40. The third-order valence-electron chi connectivity index (χ3n) is 5.12. The van der Waals surface area contributed by atoms with E-state index in [1.165, 1.54) is 0 Å². The van der Waals surface area contributed by atoms with Crippen LogP contribution in [0, 0.1) is 6.92 Å². The topological polar surface area (TPSA) is 77.0 Å². The highest BCUT2D eigenvalue weighted by Gasteiger charge is 2.31. The summed E-state index contributed by atoms with van der Waals surface area (Å²) in [5, 5.41) is 6.09. The van der Waals surface area contributed by atoms with Crippen molar-refractivity contribution in [2.75, 3.05) is 13.1 Å². The summed E-state index contributed by atoms with van der Waals surface area (Å²) in [6.07, 6.45) is 6.51. The van der Waals surface area contributed by atoms with Gasteiger partial charge in [0, 0.05) is 36.8 Å². The van der Waals surface area contributed by atoms with E-state index in [1.54, 1.807) is 18.3 Å². The molecule has 0 radical (unpaired) electrons. The first-order valence-electron chi connectivity index (χ1n) is 9.29. The zero-order chi connectivity index (χ0) is 18.8. The van der Waals surface area contributed by atoms with Crippen molar-refractivity contribution in [3.05, 3.63) is 51.8 Å². The Morgan fingerprint density at radius 2 is 2.30 bits per heavy atom. The number of imidazole rings is 1. The highest BCUT2D eigenvalue weighted by molar-refractivity contribution is 7.07. The lowest BCUT2D eigenvalue weighted by atomic mass is 9.96. The smallest absolute Gasteiger partial charge is 0.259 e. The molecule has 0 unspecified atom stereocenters. The lowest BCUT2D eigenvalue weighted by molar-refractivity contribution is 0.0700. The van der Waals surface area contributed by atoms with Gasteiger partial charge in [-0.15, -0.1) is 11.3 Å². The second-order valence-corrected chi connectivity index (χ2v) is 7.62. The maximum Gasteiger partial charge on any atom is 0.259 e. The number of carbonyl (C=O) groups excluding carboxylic acids is 1. The Kier molecular flexibility index (Phi) is 5.07. The summed E-state index contributed by atoms with van der Waals surface area (Å²) in [7, 11) is 0. The number of aromatic nitrogens is 4. The zero-order valence-corrected chi connectivity index (χ0v) is 16.4. The molecule has 0 saturated carbocycles. The first-order chi connectivity index (χ1) is 13.2.